The van der Waals surface area contributed by atoms with Gasteiger partial charge in [-0.05, 0) is 69.3 Å². The van der Waals surface area contributed by atoms with E-state index in [-0.39, 0.29) is 11.8 Å². The van der Waals surface area contributed by atoms with Gasteiger partial charge in [0.15, 0.2) is 0 Å². The van der Waals surface area contributed by atoms with Crippen molar-refractivity contribution in [1.82, 2.24) is 4.90 Å². The van der Waals surface area contributed by atoms with Gasteiger partial charge in [0.05, 0.1) is 12.8 Å². The first-order chi connectivity index (χ1) is 15.9. The van der Waals surface area contributed by atoms with Gasteiger partial charge in [0.25, 0.3) is 5.91 Å². The van der Waals surface area contributed by atoms with E-state index in [1.54, 1.807) is 54.8 Å². The average molecular weight is 466 g/mol. The van der Waals surface area contributed by atoms with Crippen LogP contribution < -0.4 is 15.4 Å². The molecule has 2 N–H and O–H groups in total. The maximum atomic E-state index is 12.5. The van der Waals surface area contributed by atoms with E-state index in [0.717, 1.165) is 6.54 Å². The molecule has 0 radical (unpaired) electrons. The van der Waals surface area contributed by atoms with Crippen molar-refractivity contribution >= 4 is 34.5 Å². The van der Waals surface area contributed by atoms with E-state index in [0.29, 0.717) is 41.7 Å². The van der Waals surface area contributed by atoms with Gasteiger partial charge in [-0.15, -0.1) is 11.3 Å². The predicted octanol–water partition coefficient (Wildman–Crippen LogP) is 5.56. The zero-order valence-electron chi connectivity index (χ0n) is 19.6. The van der Waals surface area contributed by atoms with Crippen LogP contribution in [0.5, 0.6) is 5.75 Å². The lowest BCUT2D eigenvalue weighted by molar-refractivity contribution is -0.116. The SMILES string of the molecule is COc1ccccc1NC(=O)c1ccc(NC(=O)CCN(Cc2ccc(C)s2)C(C)C)cc1. The fourth-order valence-electron chi connectivity index (χ4n) is 3.41. The summed E-state index contributed by atoms with van der Waals surface area (Å²) in [7, 11) is 1.56. The molecule has 33 heavy (non-hydrogen) atoms. The Bertz CT molecular complexity index is 1080. The standard InChI is InChI=1S/C26H31N3O3S/c1-18(2)29(17-22-14-9-19(3)33-22)16-15-25(30)27-21-12-10-20(11-13-21)26(31)28-23-7-5-6-8-24(23)32-4/h5-14,18H,15-17H2,1-4H3,(H,27,30)(H,28,31). The lowest BCUT2D eigenvalue weighted by atomic mass is 10.1. The molecule has 1 aromatic heterocycles. The summed E-state index contributed by atoms with van der Waals surface area (Å²) in [6, 6.07) is 18.7. The summed E-state index contributed by atoms with van der Waals surface area (Å²) in [5.74, 6) is 0.308. The number of anilines is 2. The molecule has 0 saturated carbocycles. The van der Waals surface area contributed by atoms with Crippen molar-refractivity contribution in [3.05, 3.63) is 76.0 Å². The Kier molecular flexibility index (Phi) is 8.63. The molecule has 3 rings (SSSR count). The van der Waals surface area contributed by atoms with E-state index >= 15 is 0 Å². The van der Waals surface area contributed by atoms with Gasteiger partial charge in [-0.1, -0.05) is 12.1 Å². The second kappa shape index (κ2) is 11.6. The number of carbonyl (C=O) groups is 2. The number of nitrogens with one attached hydrogen (secondary N) is 2. The fraction of sp³-hybridized carbons (Fsp3) is 0.308. The Balaban J connectivity index is 1.52. The molecule has 0 aliphatic heterocycles. The minimum absolute atomic E-state index is 0.0470. The number of methoxy groups -OCH3 is 1. The van der Waals surface area contributed by atoms with E-state index in [1.165, 1.54) is 9.75 Å². The highest BCUT2D eigenvalue weighted by molar-refractivity contribution is 7.11. The molecule has 3 aromatic rings. The summed E-state index contributed by atoms with van der Waals surface area (Å²) in [6.07, 6.45) is 0.401. The number of amides is 2. The molecule has 0 spiro atoms. The zero-order chi connectivity index (χ0) is 23.8. The minimum Gasteiger partial charge on any atom is -0.495 e. The molecule has 2 aromatic carbocycles. The highest BCUT2D eigenvalue weighted by Gasteiger charge is 2.14. The second-order valence-electron chi connectivity index (χ2n) is 8.11. The zero-order valence-corrected chi connectivity index (χ0v) is 20.4. The molecule has 6 nitrogen and oxygen atoms in total. The lowest BCUT2D eigenvalue weighted by Gasteiger charge is -2.25. The number of para-hydroxylation sites is 2. The number of hydrogen-bond acceptors (Lipinski definition) is 5. The third-order valence-electron chi connectivity index (χ3n) is 5.30. The third kappa shape index (κ3) is 7.17. The van der Waals surface area contributed by atoms with Crippen molar-refractivity contribution in [1.29, 1.82) is 0 Å². The van der Waals surface area contributed by atoms with Crippen molar-refractivity contribution in [2.24, 2.45) is 0 Å². The van der Waals surface area contributed by atoms with Gasteiger partial charge in [-0.25, -0.2) is 0 Å². The Morgan fingerprint density at radius 2 is 1.73 bits per heavy atom. The highest BCUT2D eigenvalue weighted by Crippen LogP contribution is 2.24. The van der Waals surface area contributed by atoms with E-state index in [9.17, 15) is 9.59 Å². The molecule has 0 saturated heterocycles. The average Bonchev–Trinajstić information content (AvgIpc) is 3.21. The minimum atomic E-state index is -0.242. The molecule has 0 aliphatic rings. The quantitative estimate of drug-likeness (QED) is 0.411. The summed E-state index contributed by atoms with van der Waals surface area (Å²) in [4.78, 5) is 30.0. The molecule has 0 fully saturated rings. The van der Waals surface area contributed by atoms with Crippen molar-refractivity contribution in [2.45, 2.75) is 39.8 Å². The van der Waals surface area contributed by atoms with Crippen LogP contribution >= 0.6 is 11.3 Å². The Morgan fingerprint density at radius 1 is 1.00 bits per heavy atom. The third-order valence-corrected chi connectivity index (χ3v) is 6.28. The van der Waals surface area contributed by atoms with Crippen LogP contribution in [0.3, 0.4) is 0 Å². The molecular formula is C26H31N3O3S. The Morgan fingerprint density at radius 3 is 2.36 bits per heavy atom. The van der Waals surface area contributed by atoms with Crippen LogP contribution in [0.4, 0.5) is 11.4 Å². The first kappa shape index (κ1) is 24.5. The largest absolute Gasteiger partial charge is 0.495 e. The van der Waals surface area contributed by atoms with Crippen molar-refractivity contribution in [3.63, 3.8) is 0 Å². The number of rotatable bonds is 10. The molecule has 0 aliphatic carbocycles. The van der Waals surface area contributed by atoms with Crippen LogP contribution in [0.1, 0.15) is 40.4 Å². The van der Waals surface area contributed by atoms with Gasteiger partial charge in [0.1, 0.15) is 5.75 Å². The molecule has 7 heteroatoms. The number of carbonyl (C=O) groups excluding carboxylic acids is 2. The Labute approximate surface area is 199 Å². The maximum Gasteiger partial charge on any atom is 0.255 e. The maximum absolute atomic E-state index is 12.5. The summed E-state index contributed by atoms with van der Waals surface area (Å²) in [5.41, 5.74) is 1.77. The predicted molar refractivity (Wildman–Crippen MR) is 135 cm³/mol. The second-order valence-corrected chi connectivity index (χ2v) is 9.48. The van der Waals surface area contributed by atoms with Crippen LogP contribution in [-0.4, -0.2) is 36.4 Å². The summed E-state index contributed by atoms with van der Waals surface area (Å²) >= 11 is 1.79. The van der Waals surface area contributed by atoms with Crippen LogP contribution in [0, 0.1) is 6.92 Å². The van der Waals surface area contributed by atoms with Crippen molar-refractivity contribution in [2.75, 3.05) is 24.3 Å². The van der Waals surface area contributed by atoms with E-state index in [2.05, 4.69) is 48.4 Å². The number of ether oxygens (including phenoxy) is 1. The molecule has 1 heterocycles. The van der Waals surface area contributed by atoms with E-state index in [1.807, 2.05) is 12.1 Å². The molecule has 0 atom stereocenters. The topological polar surface area (TPSA) is 70.7 Å². The van der Waals surface area contributed by atoms with Crippen molar-refractivity contribution in [3.8, 4) is 5.75 Å². The number of thiophene rings is 1. The monoisotopic (exact) mass is 465 g/mol. The van der Waals surface area contributed by atoms with E-state index < -0.39 is 0 Å². The first-order valence-corrected chi connectivity index (χ1v) is 11.8. The molecule has 0 bridgehead atoms. The van der Waals surface area contributed by atoms with Crippen LogP contribution in [0.25, 0.3) is 0 Å². The van der Waals surface area contributed by atoms with Gasteiger partial charge < -0.3 is 15.4 Å². The lowest BCUT2D eigenvalue weighted by Crippen LogP contribution is -2.33. The van der Waals surface area contributed by atoms with Crippen LogP contribution in [0.15, 0.2) is 60.7 Å². The van der Waals surface area contributed by atoms with Crippen molar-refractivity contribution < 1.29 is 14.3 Å². The molecular weight excluding hydrogens is 434 g/mol. The number of aryl methyl sites for hydroxylation is 1. The number of benzene rings is 2. The normalized spacial score (nSPS) is 11.0. The molecule has 2 amide bonds. The van der Waals surface area contributed by atoms with E-state index in [4.69, 9.17) is 4.74 Å². The molecule has 0 unspecified atom stereocenters. The first-order valence-electron chi connectivity index (χ1n) is 11.0. The number of nitrogens with zero attached hydrogens (tertiary/aromatic N) is 1. The van der Waals surface area contributed by atoms with Gasteiger partial charge in [0.2, 0.25) is 5.91 Å². The van der Waals surface area contributed by atoms with Gasteiger partial charge in [-0.2, -0.15) is 0 Å². The van der Waals surface area contributed by atoms with Gasteiger partial charge >= 0.3 is 0 Å². The Hall–Kier alpha value is -3.16. The smallest absolute Gasteiger partial charge is 0.255 e. The van der Waals surface area contributed by atoms with Gasteiger partial charge in [-0.3, -0.25) is 14.5 Å². The summed E-state index contributed by atoms with van der Waals surface area (Å²) < 4.78 is 5.27. The summed E-state index contributed by atoms with van der Waals surface area (Å²) in [6.45, 7) is 7.92. The molecule has 174 valence electrons. The highest BCUT2D eigenvalue weighted by atomic mass is 32.1. The van der Waals surface area contributed by atoms with Gasteiger partial charge in [0, 0.05) is 46.6 Å². The fourth-order valence-corrected chi connectivity index (χ4v) is 4.32. The summed E-state index contributed by atoms with van der Waals surface area (Å²) in [5, 5.41) is 5.77. The number of hydrogen-bond donors (Lipinski definition) is 2. The van der Waals surface area contributed by atoms with Crippen LogP contribution in [-0.2, 0) is 11.3 Å². The van der Waals surface area contributed by atoms with Crippen LogP contribution in [0.2, 0.25) is 0 Å².